The van der Waals surface area contributed by atoms with Gasteiger partial charge in [0.25, 0.3) is 0 Å². The van der Waals surface area contributed by atoms with Gasteiger partial charge >= 0.3 is 11.9 Å². The van der Waals surface area contributed by atoms with Crippen LogP contribution in [0, 0.1) is 0 Å². The van der Waals surface area contributed by atoms with Crippen molar-refractivity contribution in [2.75, 3.05) is 19.8 Å². The van der Waals surface area contributed by atoms with Crippen LogP contribution < -0.4 is 0 Å². The van der Waals surface area contributed by atoms with Gasteiger partial charge in [0.15, 0.2) is 12.4 Å². The first-order valence-electron chi connectivity index (χ1n) is 19.8. The number of carbonyl (C=O) groups is 2. The molecule has 0 radical (unpaired) electrons. The van der Waals surface area contributed by atoms with E-state index in [1.54, 1.807) is 0 Å². The van der Waals surface area contributed by atoms with Crippen molar-refractivity contribution in [2.45, 2.75) is 179 Å². The maximum absolute atomic E-state index is 12.7. The van der Waals surface area contributed by atoms with Crippen LogP contribution in [-0.4, -0.2) is 89.0 Å². The Hall–Kier alpha value is -2.34. The second-order valence-electron chi connectivity index (χ2n) is 13.5. The fraction of sp³-hybridized carbons (Fsp3) is 0.756. The molecule has 4 N–H and O–H groups in total. The fourth-order valence-corrected chi connectivity index (χ4v) is 5.67. The summed E-state index contributed by atoms with van der Waals surface area (Å²) in [6.07, 6.45) is 28.3. The molecule has 10 heteroatoms. The summed E-state index contributed by atoms with van der Waals surface area (Å²) in [6, 6.07) is 0. The summed E-state index contributed by atoms with van der Waals surface area (Å²) >= 11 is 0. The van der Waals surface area contributed by atoms with Crippen LogP contribution in [0.15, 0.2) is 48.6 Å². The summed E-state index contributed by atoms with van der Waals surface area (Å²) in [5, 5.41) is 39.9. The predicted molar refractivity (Wildman–Crippen MR) is 201 cm³/mol. The molecule has 1 heterocycles. The Labute approximate surface area is 308 Å². The molecule has 0 aromatic carbocycles. The molecule has 1 aliphatic heterocycles. The second-order valence-corrected chi connectivity index (χ2v) is 13.5. The number of carbonyl (C=O) groups excluding carboxylic acids is 2. The first-order valence-corrected chi connectivity index (χ1v) is 19.8. The SMILES string of the molecule is CC/C=C/C=C/C=C/C=C/CCCCCCCC(=O)OC[C@@H](CO[C@H]1O[C@@H](CO)[C@@H](O)C(O)C1O)OC(=O)CCCCCCCCCCCCC. The highest BCUT2D eigenvalue weighted by Gasteiger charge is 2.44. The topological polar surface area (TPSA) is 152 Å². The van der Waals surface area contributed by atoms with Crippen molar-refractivity contribution in [2.24, 2.45) is 0 Å². The Bertz CT molecular complexity index is 975. The van der Waals surface area contributed by atoms with Gasteiger partial charge in [-0.05, 0) is 32.1 Å². The molecule has 0 aromatic heterocycles. The average Bonchev–Trinajstić information content (AvgIpc) is 3.13. The Morgan fingerprint density at radius 3 is 1.75 bits per heavy atom. The van der Waals surface area contributed by atoms with Crippen molar-refractivity contribution in [3.63, 3.8) is 0 Å². The zero-order valence-corrected chi connectivity index (χ0v) is 31.6. The van der Waals surface area contributed by atoms with E-state index in [2.05, 4.69) is 32.1 Å². The fourth-order valence-electron chi connectivity index (χ4n) is 5.67. The van der Waals surface area contributed by atoms with E-state index in [4.69, 9.17) is 18.9 Å². The summed E-state index contributed by atoms with van der Waals surface area (Å²) in [4.78, 5) is 25.2. The third-order valence-corrected chi connectivity index (χ3v) is 8.82. The van der Waals surface area contributed by atoms with Gasteiger partial charge in [0.2, 0.25) is 0 Å². The Morgan fingerprint density at radius 2 is 1.16 bits per heavy atom. The molecule has 1 aliphatic rings. The minimum atomic E-state index is -1.60. The highest BCUT2D eigenvalue weighted by Crippen LogP contribution is 2.22. The van der Waals surface area contributed by atoms with Crippen LogP contribution in [0.3, 0.4) is 0 Å². The Kier molecular flexibility index (Phi) is 29.6. The number of hydrogen-bond acceptors (Lipinski definition) is 10. The monoisotopic (exact) mass is 722 g/mol. The third kappa shape index (κ3) is 24.5. The quantitative estimate of drug-likeness (QED) is 0.0325. The molecule has 0 aromatic rings. The summed E-state index contributed by atoms with van der Waals surface area (Å²) in [7, 11) is 0. The number of allylic oxidation sites excluding steroid dienone is 8. The number of unbranched alkanes of at least 4 members (excludes halogenated alkanes) is 15. The molecule has 1 fully saturated rings. The highest BCUT2D eigenvalue weighted by atomic mass is 16.7. The molecule has 0 spiro atoms. The molecule has 0 aliphatic carbocycles. The van der Waals surface area contributed by atoms with E-state index in [0.29, 0.717) is 12.8 Å². The van der Waals surface area contributed by atoms with E-state index in [1.807, 2.05) is 30.4 Å². The molecule has 0 amide bonds. The zero-order valence-electron chi connectivity index (χ0n) is 31.6. The van der Waals surface area contributed by atoms with Gasteiger partial charge in [-0.3, -0.25) is 9.59 Å². The lowest BCUT2D eigenvalue weighted by molar-refractivity contribution is -0.305. The summed E-state index contributed by atoms with van der Waals surface area (Å²) in [6.45, 7) is 3.23. The van der Waals surface area contributed by atoms with Crippen LogP contribution in [0.4, 0.5) is 0 Å². The summed E-state index contributed by atoms with van der Waals surface area (Å²) in [5.41, 5.74) is 0. The number of aliphatic hydroxyl groups excluding tert-OH is 4. The predicted octanol–water partition coefficient (Wildman–Crippen LogP) is 7.32. The minimum absolute atomic E-state index is 0.224. The lowest BCUT2D eigenvalue weighted by Gasteiger charge is -2.39. The van der Waals surface area contributed by atoms with Gasteiger partial charge in [0.05, 0.1) is 13.2 Å². The maximum atomic E-state index is 12.7. The molecule has 0 saturated carbocycles. The van der Waals surface area contributed by atoms with Crippen molar-refractivity contribution in [1.29, 1.82) is 0 Å². The minimum Gasteiger partial charge on any atom is -0.462 e. The molecule has 10 nitrogen and oxygen atoms in total. The van der Waals surface area contributed by atoms with E-state index in [9.17, 15) is 30.0 Å². The standard InChI is InChI=1S/C41H70O10/c1-3-5-7-9-11-13-15-16-17-18-20-21-23-25-27-29-36(43)48-32-34(33-49-41-40(47)39(46)38(45)35(31-42)51-41)50-37(44)30-28-26-24-22-19-14-12-10-8-6-4-2/h5,7,9,11,13,15-17,34-35,38-42,45-47H,3-4,6,8,10,12,14,18-33H2,1-2H3/b7-5+,11-9+,15-13+,17-16+/t34-,35-,38+,39?,40?,41-/m0/s1. The van der Waals surface area contributed by atoms with Gasteiger partial charge in [-0.2, -0.15) is 0 Å². The van der Waals surface area contributed by atoms with Crippen LogP contribution in [0.1, 0.15) is 142 Å². The van der Waals surface area contributed by atoms with E-state index < -0.39 is 55.4 Å². The van der Waals surface area contributed by atoms with E-state index in [-0.39, 0.29) is 26.1 Å². The number of ether oxygens (including phenoxy) is 4. The van der Waals surface area contributed by atoms with Gasteiger partial charge in [0.1, 0.15) is 31.0 Å². The molecule has 294 valence electrons. The Balaban J connectivity index is 2.40. The highest BCUT2D eigenvalue weighted by molar-refractivity contribution is 5.70. The largest absolute Gasteiger partial charge is 0.462 e. The second kappa shape index (κ2) is 32.3. The number of hydrogen-bond donors (Lipinski definition) is 4. The normalized spacial score (nSPS) is 21.7. The van der Waals surface area contributed by atoms with Gasteiger partial charge < -0.3 is 39.4 Å². The van der Waals surface area contributed by atoms with Gasteiger partial charge in [-0.15, -0.1) is 0 Å². The lowest BCUT2D eigenvalue weighted by atomic mass is 9.99. The van der Waals surface area contributed by atoms with Crippen LogP contribution in [0.2, 0.25) is 0 Å². The summed E-state index contributed by atoms with van der Waals surface area (Å²) < 4.78 is 22.0. The van der Waals surface area contributed by atoms with Gasteiger partial charge in [0, 0.05) is 12.8 Å². The third-order valence-electron chi connectivity index (χ3n) is 8.82. The van der Waals surface area contributed by atoms with Crippen molar-refractivity contribution >= 4 is 11.9 Å². The van der Waals surface area contributed by atoms with Crippen molar-refractivity contribution < 1.29 is 49.0 Å². The van der Waals surface area contributed by atoms with Crippen LogP contribution in [-0.2, 0) is 28.5 Å². The molecule has 1 rings (SSSR count). The summed E-state index contributed by atoms with van der Waals surface area (Å²) in [5.74, 6) is -0.838. The van der Waals surface area contributed by atoms with E-state index in [0.717, 1.165) is 57.8 Å². The molecule has 51 heavy (non-hydrogen) atoms. The average molecular weight is 723 g/mol. The number of aliphatic hydroxyl groups is 4. The first kappa shape index (κ1) is 46.7. The van der Waals surface area contributed by atoms with Crippen molar-refractivity contribution in [3.8, 4) is 0 Å². The van der Waals surface area contributed by atoms with Gasteiger partial charge in [-0.1, -0.05) is 146 Å². The van der Waals surface area contributed by atoms with E-state index in [1.165, 1.54) is 44.9 Å². The van der Waals surface area contributed by atoms with Crippen molar-refractivity contribution in [3.05, 3.63) is 48.6 Å². The molecule has 0 bridgehead atoms. The van der Waals surface area contributed by atoms with E-state index >= 15 is 0 Å². The number of rotatable bonds is 31. The Morgan fingerprint density at radius 1 is 0.627 bits per heavy atom. The number of esters is 2. The molecular weight excluding hydrogens is 652 g/mol. The van der Waals surface area contributed by atoms with Crippen LogP contribution in [0.25, 0.3) is 0 Å². The van der Waals surface area contributed by atoms with Gasteiger partial charge in [-0.25, -0.2) is 0 Å². The van der Waals surface area contributed by atoms with Crippen LogP contribution in [0.5, 0.6) is 0 Å². The van der Waals surface area contributed by atoms with Crippen LogP contribution >= 0.6 is 0 Å². The lowest BCUT2D eigenvalue weighted by Crippen LogP contribution is -2.59. The maximum Gasteiger partial charge on any atom is 0.306 e. The molecular formula is C41H70O10. The first-order chi connectivity index (χ1) is 24.8. The zero-order chi connectivity index (χ0) is 37.4. The molecule has 6 atom stereocenters. The van der Waals surface area contributed by atoms with Crippen molar-refractivity contribution in [1.82, 2.24) is 0 Å². The molecule has 1 saturated heterocycles. The smallest absolute Gasteiger partial charge is 0.306 e. The molecule has 2 unspecified atom stereocenters.